The van der Waals surface area contributed by atoms with Crippen LogP contribution in [-0.4, -0.2) is 84.4 Å². The number of rotatable bonds is 7. The van der Waals surface area contributed by atoms with Gasteiger partial charge in [0.2, 0.25) is 0 Å². The maximum absolute atomic E-state index is 10.2. The fourth-order valence-electron chi connectivity index (χ4n) is 0.615. The van der Waals surface area contributed by atoms with E-state index in [1.54, 1.807) is 0 Å². The van der Waals surface area contributed by atoms with Gasteiger partial charge in [-0.3, -0.25) is 4.55 Å². The van der Waals surface area contributed by atoms with Crippen molar-refractivity contribution in [2.75, 3.05) is 25.6 Å². The molecule has 0 fully saturated rings. The van der Waals surface area contributed by atoms with Crippen LogP contribution in [0, 0.1) is 0 Å². The van der Waals surface area contributed by atoms with Crippen LogP contribution in [0.5, 0.6) is 0 Å². The number of hydrogen-bond donors (Lipinski definition) is 3. The van der Waals surface area contributed by atoms with Crippen LogP contribution >= 0.6 is 0 Å². The number of ether oxygens (including phenoxy) is 1. The molecule has 0 amide bonds. The molecule has 3 N–H and O–H groups in total. The summed E-state index contributed by atoms with van der Waals surface area (Å²) in [5, 5.41) is 17.1. The first-order valence-corrected chi connectivity index (χ1v) is 5.38. The van der Waals surface area contributed by atoms with Gasteiger partial charge in [0.1, 0.15) is 6.10 Å². The molecule has 14 heavy (non-hydrogen) atoms. The molecular formula is C6H14NaO6S. The van der Waals surface area contributed by atoms with E-state index in [0.717, 1.165) is 0 Å². The molecular weight excluding hydrogens is 223 g/mol. The van der Waals surface area contributed by atoms with E-state index in [4.69, 9.17) is 19.5 Å². The van der Waals surface area contributed by atoms with Crippen LogP contribution in [-0.2, 0) is 14.9 Å². The molecule has 0 rings (SSSR count). The molecule has 0 saturated heterocycles. The van der Waals surface area contributed by atoms with Crippen LogP contribution in [0.4, 0.5) is 0 Å². The van der Waals surface area contributed by atoms with E-state index in [9.17, 15) is 8.42 Å². The second-order valence-electron chi connectivity index (χ2n) is 2.55. The molecule has 0 aromatic heterocycles. The molecule has 81 valence electrons. The predicted molar refractivity (Wildman–Crippen MR) is 50.7 cm³/mol. The van der Waals surface area contributed by atoms with Crippen LogP contribution < -0.4 is 0 Å². The SMILES string of the molecule is O=S(=O)(O)CCCOCC(O)CO.[Na]. The molecule has 0 aromatic rings. The van der Waals surface area contributed by atoms with E-state index in [0.29, 0.717) is 0 Å². The smallest absolute Gasteiger partial charge is 0.264 e. The summed E-state index contributed by atoms with van der Waals surface area (Å²) in [5.74, 6) is -0.359. The Hall–Kier alpha value is 0.790. The van der Waals surface area contributed by atoms with Crippen molar-refractivity contribution in [2.24, 2.45) is 0 Å². The zero-order valence-electron chi connectivity index (χ0n) is 8.09. The van der Waals surface area contributed by atoms with Crippen molar-refractivity contribution in [3.8, 4) is 0 Å². The van der Waals surface area contributed by atoms with E-state index >= 15 is 0 Å². The third-order valence-corrected chi connectivity index (χ3v) is 2.02. The summed E-state index contributed by atoms with van der Waals surface area (Å²) in [6.07, 6.45) is -0.775. The quantitative estimate of drug-likeness (QED) is 0.276. The largest absolute Gasteiger partial charge is 0.394 e. The molecule has 0 aliphatic carbocycles. The van der Waals surface area contributed by atoms with Gasteiger partial charge in [-0.15, -0.1) is 0 Å². The number of aliphatic hydroxyl groups is 2. The van der Waals surface area contributed by atoms with Gasteiger partial charge in [-0.05, 0) is 6.42 Å². The van der Waals surface area contributed by atoms with Gasteiger partial charge in [0.15, 0.2) is 0 Å². The minimum Gasteiger partial charge on any atom is -0.394 e. The predicted octanol–water partition coefficient (Wildman–Crippen LogP) is -1.75. The summed E-state index contributed by atoms with van der Waals surface area (Å²) < 4.78 is 33.5. The molecule has 1 unspecified atom stereocenters. The normalized spacial score (nSPS) is 13.4. The number of hydrogen-bond acceptors (Lipinski definition) is 5. The monoisotopic (exact) mass is 237 g/mol. The first-order valence-electron chi connectivity index (χ1n) is 3.77. The van der Waals surface area contributed by atoms with E-state index < -0.39 is 22.8 Å². The van der Waals surface area contributed by atoms with Crippen molar-refractivity contribution >= 4 is 39.7 Å². The minimum absolute atomic E-state index is 0. The van der Waals surface area contributed by atoms with Crippen molar-refractivity contribution < 1.29 is 27.9 Å². The third-order valence-electron chi connectivity index (χ3n) is 1.21. The van der Waals surface area contributed by atoms with Crippen molar-refractivity contribution in [1.29, 1.82) is 0 Å². The van der Waals surface area contributed by atoms with Crippen molar-refractivity contribution in [2.45, 2.75) is 12.5 Å². The minimum atomic E-state index is -3.92. The van der Waals surface area contributed by atoms with Crippen molar-refractivity contribution in [1.82, 2.24) is 0 Å². The Balaban J connectivity index is 0. The molecule has 0 saturated carbocycles. The Labute approximate surface area is 105 Å². The first-order chi connectivity index (χ1) is 5.95. The molecule has 6 nitrogen and oxygen atoms in total. The van der Waals surface area contributed by atoms with Gasteiger partial charge in [0, 0.05) is 36.2 Å². The van der Waals surface area contributed by atoms with Gasteiger partial charge in [-0.2, -0.15) is 8.42 Å². The van der Waals surface area contributed by atoms with Crippen molar-refractivity contribution in [3.05, 3.63) is 0 Å². The summed E-state index contributed by atoms with van der Waals surface area (Å²) in [4.78, 5) is 0. The summed E-state index contributed by atoms with van der Waals surface area (Å²) in [6.45, 7) is -0.308. The van der Waals surface area contributed by atoms with Crippen LogP contribution in [0.1, 0.15) is 6.42 Å². The van der Waals surface area contributed by atoms with Crippen LogP contribution in [0.15, 0.2) is 0 Å². The van der Waals surface area contributed by atoms with E-state index in [1.807, 2.05) is 0 Å². The molecule has 0 spiro atoms. The molecule has 0 bridgehead atoms. The second kappa shape index (κ2) is 9.05. The molecule has 0 heterocycles. The zero-order chi connectivity index (χ0) is 10.3. The maximum atomic E-state index is 10.2. The standard InChI is InChI=1S/C6H14O6S.Na/c7-4-6(8)5-12-2-1-3-13(9,10)11;/h6-8H,1-5H2,(H,9,10,11);. The van der Waals surface area contributed by atoms with E-state index in [1.165, 1.54) is 0 Å². The number of aliphatic hydroxyl groups excluding tert-OH is 2. The van der Waals surface area contributed by atoms with Gasteiger partial charge in [0.25, 0.3) is 10.1 Å². The summed E-state index contributed by atoms with van der Waals surface area (Å²) in [5.41, 5.74) is 0. The third kappa shape index (κ3) is 12.8. The zero-order valence-corrected chi connectivity index (χ0v) is 10.9. The van der Waals surface area contributed by atoms with E-state index in [-0.39, 0.29) is 54.9 Å². The van der Waals surface area contributed by atoms with Crippen LogP contribution in [0.25, 0.3) is 0 Å². The molecule has 1 radical (unpaired) electrons. The Bertz CT molecular complexity index is 216. The summed E-state index contributed by atoms with van der Waals surface area (Å²) >= 11 is 0. The van der Waals surface area contributed by atoms with Crippen molar-refractivity contribution in [3.63, 3.8) is 0 Å². The molecule has 0 aromatic carbocycles. The average Bonchev–Trinajstić information content (AvgIpc) is 2.01. The fraction of sp³-hybridized carbons (Fsp3) is 1.00. The second-order valence-corrected chi connectivity index (χ2v) is 4.12. The van der Waals surface area contributed by atoms with Gasteiger partial charge >= 0.3 is 0 Å². The summed E-state index contributed by atoms with van der Waals surface area (Å²) in [6, 6.07) is 0. The molecule has 8 heteroatoms. The molecule has 0 aliphatic heterocycles. The van der Waals surface area contributed by atoms with Crippen LogP contribution in [0.2, 0.25) is 0 Å². The van der Waals surface area contributed by atoms with Gasteiger partial charge < -0.3 is 14.9 Å². The average molecular weight is 237 g/mol. The first kappa shape index (κ1) is 17.2. The van der Waals surface area contributed by atoms with Gasteiger partial charge in [-0.25, -0.2) is 0 Å². The molecule has 1 atom stereocenters. The Morgan fingerprint density at radius 2 is 1.93 bits per heavy atom. The maximum Gasteiger partial charge on any atom is 0.264 e. The Kier molecular flexibility index (Phi) is 11.1. The van der Waals surface area contributed by atoms with Gasteiger partial charge in [0.05, 0.1) is 19.0 Å². The van der Waals surface area contributed by atoms with Gasteiger partial charge in [-0.1, -0.05) is 0 Å². The van der Waals surface area contributed by atoms with E-state index in [2.05, 4.69) is 0 Å². The summed E-state index contributed by atoms with van der Waals surface area (Å²) in [7, 11) is -3.92. The van der Waals surface area contributed by atoms with Crippen LogP contribution in [0.3, 0.4) is 0 Å². The Morgan fingerprint density at radius 1 is 1.36 bits per heavy atom. The Morgan fingerprint density at radius 3 is 2.36 bits per heavy atom. The topological polar surface area (TPSA) is 104 Å². The molecule has 0 aliphatic rings. The fourth-order valence-corrected chi connectivity index (χ4v) is 1.10.